The minimum absolute atomic E-state index is 0.0154. The van der Waals surface area contributed by atoms with Gasteiger partial charge in [0.2, 0.25) is 6.29 Å². The summed E-state index contributed by atoms with van der Waals surface area (Å²) >= 11 is 0. The van der Waals surface area contributed by atoms with Gasteiger partial charge in [0.15, 0.2) is 5.43 Å². The summed E-state index contributed by atoms with van der Waals surface area (Å²) in [6, 6.07) is 9.59. The van der Waals surface area contributed by atoms with Crippen molar-refractivity contribution in [3.8, 4) is 28.6 Å². The van der Waals surface area contributed by atoms with Crippen molar-refractivity contribution >= 4 is 11.0 Å². The van der Waals surface area contributed by atoms with Gasteiger partial charge in [-0.3, -0.25) is 4.79 Å². The van der Waals surface area contributed by atoms with Gasteiger partial charge in [0.05, 0.1) is 6.61 Å². The standard InChI is InChI=1S/C21H20O10/c22-8-16-18(26)19(27)20(28)21(31-16)29-11-3-1-9(2-4-11)14-7-13(25)17-12(24)5-10(23)6-15(17)30-14/h1-7,16,18-24,26-28H,8H2/t16-,18-,19+,20-,21?/m1/s1. The lowest BCUT2D eigenvalue weighted by molar-refractivity contribution is -0.277. The van der Waals surface area contributed by atoms with Crippen molar-refractivity contribution in [3.05, 3.63) is 52.7 Å². The Morgan fingerprint density at radius 1 is 0.935 bits per heavy atom. The average molecular weight is 432 g/mol. The Morgan fingerprint density at radius 2 is 1.65 bits per heavy atom. The highest BCUT2D eigenvalue weighted by Gasteiger charge is 2.44. The van der Waals surface area contributed by atoms with Crippen LogP contribution in [0.5, 0.6) is 17.2 Å². The zero-order chi connectivity index (χ0) is 22.3. The summed E-state index contributed by atoms with van der Waals surface area (Å²) in [7, 11) is 0. The summed E-state index contributed by atoms with van der Waals surface area (Å²) in [4.78, 5) is 12.4. The number of phenols is 2. The van der Waals surface area contributed by atoms with E-state index in [0.717, 1.165) is 6.07 Å². The van der Waals surface area contributed by atoms with Crippen molar-refractivity contribution in [2.75, 3.05) is 6.61 Å². The number of fused-ring (bicyclic) bond motifs is 1. The molecule has 0 radical (unpaired) electrons. The molecule has 1 unspecified atom stereocenters. The second-order valence-corrected chi connectivity index (χ2v) is 7.15. The van der Waals surface area contributed by atoms with Crippen LogP contribution in [0.2, 0.25) is 0 Å². The van der Waals surface area contributed by atoms with Crippen molar-refractivity contribution in [1.29, 1.82) is 0 Å². The van der Waals surface area contributed by atoms with Crippen LogP contribution in [0.3, 0.4) is 0 Å². The highest BCUT2D eigenvalue weighted by molar-refractivity contribution is 5.86. The summed E-state index contributed by atoms with van der Waals surface area (Å²) in [6.45, 7) is -0.574. The largest absolute Gasteiger partial charge is 0.508 e. The molecule has 10 nitrogen and oxygen atoms in total. The van der Waals surface area contributed by atoms with E-state index < -0.39 is 48.5 Å². The molecule has 1 aliphatic rings. The fraction of sp³-hybridized carbons (Fsp3) is 0.286. The molecule has 1 aliphatic heterocycles. The zero-order valence-corrected chi connectivity index (χ0v) is 16.0. The van der Waals surface area contributed by atoms with Gasteiger partial charge in [0, 0.05) is 23.8 Å². The molecule has 2 heterocycles. The quantitative estimate of drug-likeness (QED) is 0.331. The number of aromatic hydroxyl groups is 2. The summed E-state index contributed by atoms with van der Waals surface area (Å²) in [5.41, 5.74) is 0.0139. The third kappa shape index (κ3) is 3.94. The van der Waals surface area contributed by atoms with E-state index in [4.69, 9.17) is 13.9 Å². The van der Waals surface area contributed by atoms with Crippen molar-refractivity contribution in [2.24, 2.45) is 0 Å². The van der Waals surface area contributed by atoms with Gasteiger partial charge in [-0.25, -0.2) is 0 Å². The number of rotatable bonds is 4. The van der Waals surface area contributed by atoms with Crippen molar-refractivity contribution in [2.45, 2.75) is 30.7 Å². The lowest BCUT2D eigenvalue weighted by Gasteiger charge is -2.39. The van der Waals surface area contributed by atoms with E-state index in [9.17, 15) is 35.4 Å². The number of benzene rings is 2. The van der Waals surface area contributed by atoms with Crippen LogP contribution < -0.4 is 10.2 Å². The van der Waals surface area contributed by atoms with Crippen LogP contribution in [-0.2, 0) is 4.74 Å². The molecule has 0 bridgehead atoms. The van der Waals surface area contributed by atoms with E-state index in [-0.39, 0.29) is 28.2 Å². The highest BCUT2D eigenvalue weighted by Crippen LogP contribution is 2.31. The summed E-state index contributed by atoms with van der Waals surface area (Å²) < 4.78 is 16.5. The highest BCUT2D eigenvalue weighted by atomic mass is 16.7. The molecule has 10 heteroatoms. The van der Waals surface area contributed by atoms with Crippen LogP contribution in [-0.4, -0.2) is 68.0 Å². The van der Waals surface area contributed by atoms with Gasteiger partial charge in [-0.1, -0.05) is 0 Å². The minimum Gasteiger partial charge on any atom is -0.508 e. The van der Waals surface area contributed by atoms with Gasteiger partial charge in [0.1, 0.15) is 58.4 Å². The Morgan fingerprint density at radius 3 is 2.32 bits per heavy atom. The molecule has 1 saturated heterocycles. The van der Waals surface area contributed by atoms with Crippen molar-refractivity contribution < 1.29 is 44.5 Å². The first-order valence-electron chi connectivity index (χ1n) is 9.36. The number of aliphatic hydroxyl groups excluding tert-OH is 4. The van der Waals surface area contributed by atoms with E-state index in [1.165, 1.54) is 24.3 Å². The minimum atomic E-state index is -1.56. The molecule has 0 spiro atoms. The van der Waals surface area contributed by atoms with Gasteiger partial charge in [0.25, 0.3) is 0 Å². The molecule has 0 amide bonds. The topological polar surface area (TPSA) is 170 Å². The van der Waals surface area contributed by atoms with Gasteiger partial charge in [-0.05, 0) is 24.3 Å². The molecular weight excluding hydrogens is 412 g/mol. The van der Waals surface area contributed by atoms with E-state index in [1.807, 2.05) is 0 Å². The molecule has 3 aromatic rings. The molecule has 0 saturated carbocycles. The van der Waals surface area contributed by atoms with Gasteiger partial charge in [-0.15, -0.1) is 0 Å². The summed E-state index contributed by atoms with van der Waals surface area (Å²) in [6.07, 6.45) is -7.02. The SMILES string of the molecule is O=c1cc(-c2ccc(OC3O[C@H](CO)[C@@H](O)[C@H](O)[C@H]3O)cc2)oc2cc(O)cc(O)c12. The molecule has 31 heavy (non-hydrogen) atoms. The first-order chi connectivity index (χ1) is 14.8. The van der Waals surface area contributed by atoms with E-state index in [1.54, 1.807) is 12.1 Å². The number of hydrogen-bond donors (Lipinski definition) is 6. The number of phenolic OH excluding ortho intramolecular Hbond substituents is 2. The molecule has 164 valence electrons. The lowest BCUT2D eigenvalue weighted by atomic mass is 9.99. The third-order valence-corrected chi connectivity index (χ3v) is 5.03. The predicted octanol–water partition coefficient (Wildman–Crippen LogP) is 0.0499. The second kappa shape index (κ2) is 8.17. The summed E-state index contributed by atoms with van der Waals surface area (Å²) in [5, 5.41) is 58.4. The fourth-order valence-corrected chi connectivity index (χ4v) is 3.39. The monoisotopic (exact) mass is 432 g/mol. The van der Waals surface area contributed by atoms with Crippen LogP contribution in [0.15, 0.2) is 51.7 Å². The molecule has 0 aliphatic carbocycles. The molecule has 2 aromatic carbocycles. The van der Waals surface area contributed by atoms with Gasteiger partial charge >= 0.3 is 0 Å². The molecule has 6 N–H and O–H groups in total. The van der Waals surface area contributed by atoms with Crippen LogP contribution in [0.25, 0.3) is 22.3 Å². The number of ether oxygens (including phenoxy) is 2. The molecule has 5 atom stereocenters. The van der Waals surface area contributed by atoms with Crippen LogP contribution in [0.4, 0.5) is 0 Å². The van der Waals surface area contributed by atoms with Crippen molar-refractivity contribution in [1.82, 2.24) is 0 Å². The Balaban J connectivity index is 1.58. The summed E-state index contributed by atoms with van der Waals surface area (Å²) in [5.74, 6) is -0.222. The van der Waals surface area contributed by atoms with Crippen LogP contribution >= 0.6 is 0 Å². The average Bonchev–Trinajstić information content (AvgIpc) is 2.73. The van der Waals surface area contributed by atoms with E-state index in [0.29, 0.717) is 5.56 Å². The van der Waals surface area contributed by atoms with Crippen LogP contribution in [0, 0.1) is 0 Å². The molecule has 4 rings (SSSR count). The Labute approximate surface area is 174 Å². The van der Waals surface area contributed by atoms with Gasteiger partial charge < -0.3 is 44.5 Å². The Bertz CT molecular complexity index is 1140. The number of aliphatic hydroxyl groups is 4. The molecule has 1 aromatic heterocycles. The maximum atomic E-state index is 12.4. The molecule has 1 fully saturated rings. The normalized spacial score (nSPS) is 26.1. The lowest BCUT2D eigenvalue weighted by Crippen LogP contribution is -2.60. The fourth-order valence-electron chi connectivity index (χ4n) is 3.39. The third-order valence-electron chi connectivity index (χ3n) is 5.03. The van der Waals surface area contributed by atoms with Crippen molar-refractivity contribution in [3.63, 3.8) is 0 Å². The maximum Gasteiger partial charge on any atom is 0.229 e. The van der Waals surface area contributed by atoms with Crippen LogP contribution in [0.1, 0.15) is 0 Å². The second-order valence-electron chi connectivity index (χ2n) is 7.15. The first-order valence-corrected chi connectivity index (χ1v) is 9.36. The maximum absolute atomic E-state index is 12.4. The first kappa shape index (κ1) is 21.1. The molecular formula is C21H20O10. The Kier molecular flexibility index (Phi) is 5.56. The van der Waals surface area contributed by atoms with E-state index in [2.05, 4.69) is 0 Å². The number of hydrogen-bond acceptors (Lipinski definition) is 10. The Hall–Kier alpha value is -3.15. The predicted molar refractivity (Wildman–Crippen MR) is 106 cm³/mol. The zero-order valence-electron chi connectivity index (χ0n) is 16.0. The smallest absolute Gasteiger partial charge is 0.229 e. The van der Waals surface area contributed by atoms with Gasteiger partial charge in [-0.2, -0.15) is 0 Å². The van der Waals surface area contributed by atoms with E-state index >= 15 is 0 Å².